The number of nitrogens with zero attached hydrogens (tertiary/aromatic N) is 1. The lowest BCUT2D eigenvalue weighted by molar-refractivity contribution is -0.00436. The van der Waals surface area contributed by atoms with Crippen LogP contribution in [0.15, 0.2) is 24.3 Å². The summed E-state index contributed by atoms with van der Waals surface area (Å²) in [4.78, 5) is 2.37. The molecule has 1 aromatic carbocycles. The van der Waals surface area contributed by atoms with Gasteiger partial charge in [0.1, 0.15) is 0 Å². The van der Waals surface area contributed by atoms with Crippen LogP contribution >= 0.6 is 0 Å². The number of hydrogen-bond donors (Lipinski definition) is 2. The van der Waals surface area contributed by atoms with Crippen LogP contribution in [0.5, 0.6) is 0 Å². The van der Waals surface area contributed by atoms with Gasteiger partial charge in [-0.15, -0.1) is 0 Å². The minimum atomic E-state index is -1.38. The van der Waals surface area contributed by atoms with Crippen LogP contribution in [0, 0.1) is 0 Å². The highest BCUT2D eigenvalue weighted by atomic mass is 16.5. The summed E-state index contributed by atoms with van der Waals surface area (Å²) in [5.74, 6) is 0. The highest BCUT2D eigenvalue weighted by Crippen LogP contribution is 2.11. The first-order valence-corrected chi connectivity index (χ1v) is 5.93. The van der Waals surface area contributed by atoms with Gasteiger partial charge in [0.25, 0.3) is 0 Å². The fourth-order valence-electron chi connectivity index (χ4n) is 2.03. The molecule has 0 bridgehead atoms. The summed E-state index contributed by atoms with van der Waals surface area (Å²) in [6.07, 6.45) is 0. The Bertz CT molecular complexity index is 355. The Morgan fingerprint density at radius 2 is 2.06 bits per heavy atom. The van der Waals surface area contributed by atoms with E-state index in [0.717, 1.165) is 26.3 Å². The molecule has 0 saturated carbocycles. The average Bonchev–Trinajstić information content (AvgIpc) is 2.33. The Morgan fingerprint density at radius 1 is 1.35 bits per heavy atom. The lowest BCUT2D eigenvalue weighted by Crippen LogP contribution is -2.43. The fourth-order valence-corrected chi connectivity index (χ4v) is 2.03. The minimum Gasteiger partial charge on any atom is -0.423 e. The van der Waals surface area contributed by atoms with Gasteiger partial charge in [-0.3, -0.25) is 4.90 Å². The lowest BCUT2D eigenvalue weighted by Gasteiger charge is -2.33. The summed E-state index contributed by atoms with van der Waals surface area (Å²) in [6, 6.07) is 7.83. The minimum absolute atomic E-state index is 0.437. The molecule has 2 N–H and O–H groups in total. The van der Waals surface area contributed by atoms with Crippen LogP contribution in [-0.2, 0) is 11.3 Å². The molecule has 4 nitrogen and oxygen atoms in total. The number of ether oxygens (including phenoxy) is 1. The topological polar surface area (TPSA) is 52.9 Å². The van der Waals surface area contributed by atoms with Crippen LogP contribution in [0.25, 0.3) is 0 Å². The van der Waals surface area contributed by atoms with Gasteiger partial charge < -0.3 is 14.8 Å². The summed E-state index contributed by atoms with van der Waals surface area (Å²) in [5.41, 5.74) is 1.71. The van der Waals surface area contributed by atoms with Crippen LogP contribution < -0.4 is 5.46 Å². The second-order valence-corrected chi connectivity index (χ2v) is 4.51. The molecule has 0 unspecified atom stereocenters. The molecule has 2 rings (SSSR count). The average molecular weight is 235 g/mol. The summed E-state index contributed by atoms with van der Waals surface area (Å²) < 4.78 is 5.39. The normalized spacial score (nSPS) is 21.5. The van der Waals surface area contributed by atoms with Crippen molar-refractivity contribution in [2.24, 2.45) is 0 Å². The molecule has 0 radical (unpaired) electrons. The highest BCUT2D eigenvalue weighted by Gasteiger charge is 2.18. The van der Waals surface area contributed by atoms with Crippen LogP contribution in [0.4, 0.5) is 0 Å². The molecule has 1 aliphatic heterocycles. The molecular weight excluding hydrogens is 217 g/mol. The fraction of sp³-hybridized carbons (Fsp3) is 0.500. The molecule has 0 spiro atoms. The van der Waals surface area contributed by atoms with Gasteiger partial charge in [-0.2, -0.15) is 0 Å². The number of morpholine rings is 1. The molecule has 0 aromatic heterocycles. The zero-order valence-electron chi connectivity index (χ0n) is 10.0. The van der Waals surface area contributed by atoms with Crippen molar-refractivity contribution in [1.29, 1.82) is 0 Å². The maximum Gasteiger partial charge on any atom is 0.488 e. The van der Waals surface area contributed by atoms with Crippen molar-refractivity contribution in [2.75, 3.05) is 19.8 Å². The van der Waals surface area contributed by atoms with E-state index >= 15 is 0 Å². The predicted octanol–water partition coefficient (Wildman–Crippen LogP) is -0.413. The molecule has 1 aromatic rings. The largest absolute Gasteiger partial charge is 0.488 e. The first-order valence-electron chi connectivity index (χ1n) is 5.93. The third-order valence-electron chi connectivity index (χ3n) is 3.17. The smallest absolute Gasteiger partial charge is 0.423 e. The van der Waals surface area contributed by atoms with Crippen molar-refractivity contribution < 1.29 is 14.8 Å². The standard InChI is InChI=1S/C12H18BNO3/c1-10-9-17-7-6-14(10)8-11-2-4-12(5-3-11)13(15)16/h2-5,10,15-16H,6-9H2,1H3/t10-/m1/s1. The van der Waals surface area contributed by atoms with Crippen molar-refractivity contribution in [1.82, 2.24) is 4.90 Å². The Balaban J connectivity index is 1.98. The lowest BCUT2D eigenvalue weighted by atomic mass is 9.80. The molecule has 1 atom stereocenters. The van der Waals surface area contributed by atoms with E-state index in [1.165, 1.54) is 5.56 Å². The zero-order chi connectivity index (χ0) is 12.3. The maximum atomic E-state index is 9.01. The first kappa shape index (κ1) is 12.6. The van der Waals surface area contributed by atoms with Crippen molar-refractivity contribution in [3.63, 3.8) is 0 Å². The molecule has 5 heteroatoms. The second kappa shape index (κ2) is 5.64. The number of hydrogen-bond acceptors (Lipinski definition) is 4. The molecule has 1 saturated heterocycles. The van der Waals surface area contributed by atoms with E-state index < -0.39 is 7.12 Å². The van der Waals surface area contributed by atoms with Crippen molar-refractivity contribution >= 4 is 12.6 Å². The summed E-state index contributed by atoms with van der Waals surface area (Å²) in [5, 5.41) is 18.0. The second-order valence-electron chi connectivity index (χ2n) is 4.51. The SMILES string of the molecule is C[C@@H]1COCCN1Cc1ccc(B(O)O)cc1. The Morgan fingerprint density at radius 3 is 2.65 bits per heavy atom. The molecule has 1 aliphatic rings. The molecule has 92 valence electrons. The Hall–Kier alpha value is -0.875. The van der Waals surface area contributed by atoms with E-state index in [-0.39, 0.29) is 0 Å². The van der Waals surface area contributed by atoms with E-state index in [1.807, 2.05) is 12.1 Å². The third-order valence-corrected chi connectivity index (χ3v) is 3.17. The first-order chi connectivity index (χ1) is 8.16. The van der Waals surface area contributed by atoms with Gasteiger partial charge in [0.05, 0.1) is 13.2 Å². The maximum absolute atomic E-state index is 9.01. The molecule has 0 amide bonds. The molecule has 0 aliphatic carbocycles. The van der Waals surface area contributed by atoms with E-state index in [0.29, 0.717) is 11.5 Å². The van der Waals surface area contributed by atoms with Crippen LogP contribution in [0.1, 0.15) is 12.5 Å². The van der Waals surface area contributed by atoms with Gasteiger partial charge in [0, 0.05) is 19.1 Å². The molecular formula is C12H18BNO3. The molecule has 1 heterocycles. The Kier molecular flexibility index (Phi) is 4.18. The van der Waals surface area contributed by atoms with Gasteiger partial charge in [0.2, 0.25) is 0 Å². The van der Waals surface area contributed by atoms with E-state index in [9.17, 15) is 0 Å². The third kappa shape index (κ3) is 3.29. The van der Waals surface area contributed by atoms with E-state index in [2.05, 4.69) is 11.8 Å². The van der Waals surface area contributed by atoms with E-state index in [1.54, 1.807) is 12.1 Å². The van der Waals surface area contributed by atoms with Crippen molar-refractivity contribution in [3.8, 4) is 0 Å². The number of benzene rings is 1. The van der Waals surface area contributed by atoms with Gasteiger partial charge >= 0.3 is 7.12 Å². The van der Waals surface area contributed by atoms with E-state index in [4.69, 9.17) is 14.8 Å². The summed E-state index contributed by atoms with van der Waals surface area (Å²) in [6.45, 7) is 5.56. The molecule has 17 heavy (non-hydrogen) atoms. The van der Waals surface area contributed by atoms with Crippen molar-refractivity contribution in [3.05, 3.63) is 29.8 Å². The zero-order valence-corrected chi connectivity index (χ0v) is 10.0. The van der Waals surface area contributed by atoms with Gasteiger partial charge in [-0.05, 0) is 17.9 Å². The van der Waals surface area contributed by atoms with Crippen molar-refractivity contribution in [2.45, 2.75) is 19.5 Å². The quantitative estimate of drug-likeness (QED) is 0.699. The summed E-state index contributed by atoms with van der Waals surface area (Å²) >= 11 is 0. The summed E-state index contributed by atoms with van der Waals surface area (Å²) in [7, 11) is -1.38. The van der Waals surface area contributed by atoms with Crippen LogP contribution in [0.2, 0.25) is 0 Å². The Labute approximate surface area is 102 Å². The highest BCUT2D eigenvalue weighted by molar-refractivity contribution is 6.58. The van der Waals surface area contributed by atoms with Gasteiger partial charge in [-0.25, -0.2) is 0 Å². The van der Waals surface area contributed by atoms with Crippen LogP contribution in [0.3, 0.4) is 0 Å². The monoisotopic (exact) mass is 235 g/mol. The molecule has 1 fully saturated rings. The number of rotatable bonds is 3. The van der Waals surface area contributed by atoms with Gasteiger partial charge in [-0.1, -0.05) is 24.3 Å². The van der Waals surface area contributed by atoms with Gasteiger partial charge in [0.15, 0.2) is 0 Å². The predicted molar refractivity (Wildman–Crippen MR) is 67.0 cm³/mol. The van der Waals surface area contributed by atoms with Crippen LogP contribution in [-0.4, -0.2) is 47.9 Å².